The average molecular weight is 350 g/mol. The Morgan fingerprint density at radius 1 is 0.923 bits per heavy atom. The Morgan fingerprint density at radius 3 is 2.38 bits per heavy atom. The predicted molar refractivity (Wildman–Crippen MR) is 103 cm³/mol. The average Bonchev–Trinajstić information content (AvgIpc) is 2.95. The maximum Gasteiger partial charge on any atom is 0.258 e. The van der Waals surface area contributed by atoms with Crippen LogP contribution >= 0.6 is 0 Å². The van der Waals surface area contributed by atoms with Crippen LogP contribution in [0.25, 0.3) is 10.9 Å². The second-order valence-corrected chi connectivity index (χ2v) is 6.25. The molecule has 0 bridgehead atoms. The van der Waals surface area contributed by atoms with Crippen molar-refractivity contribution in [3.05, 3.63) is 65.9 Å². The fourth-order valence-electron chi connectivity index (χ4n) is 2.78. The van der Waals surface area contributed by atoms with Gasteiger partial charge in [0.15, 0.2) is 0 Å². The van der Waals surface area contributed by atoms with Crippen LogP contribution in [0.5, 0.6) is 0 Å². The Labute approximate surface area is 152 Å². The zero-order valence-electron chi connectivity index (χ0n) is 14.9. The number of aromatic nitrogens is 1. The van der Waals surface area contributed by atoms with E-state index in [0.29, 0.717) is 0 Å². The molecule has 0 saturated carbocycles. The Bertz CT molecular complexity index is 929. The predicted octanol–water partition coefficient (Wildman–Crippen LogP) is 2.52. The van der Waals surface area contributed by atoms with Crippen molar-refractivity contribution in [2.24, 2.45) is 0 Å². The molecule has 0 atom stereocenters. The molecule has 2 aromatic carbocycles. The summed E-state index contributed by atoms with van der Waals surface area (Å²) in [6, 6.07) is 17.7. The zero-order chi connectivity index (χ0) is 18.5. The van der Waals surface area contributed by atoms with Crippen molar-refractivity contribution in [3.63, 3.8) is 0 Å². The van der Waals surface area contributed by atoms with Crippen LogP contribution in [0.15, 0.2) is 54.6 Å². The summed E-state index contributed by atoms with van der Waals surface area (Å²) < 4.78 is 1.92. The lowest BCUT2D eigenvalue weighted by molar-refractivity contribution is -0.128. The molecule has 3 rings (SSSR count). The number of aryl methyl sites for hydroxylation is 2. The highest BCUT2D eigenvalue weighted by atomic mass is 16.2. The number of hydrogen-bond donors (Lipinski definition) is 3. The fourth-order valence-corrected chi connectivity index (χ4v) is 2.78. The third-order valence-corrected chi connectivity index (χ3v) is 4.17. The molecule has 0 saturated heterocycles. The van der Waals surface area contributed by atoms with Crippen LogP contribution in [0.2, 0.25) is 0 Å². The van der Waals surface area contributed by atoms with Gasteiger partial charge in [0.1, 0.15) is 6.54 Å². The SMILES string of the molecule is Cc1ccc(NCC(=O)NNC(=O)Cn2c(C)cc3ccccc32)cc1. The molecule has 0 radical (unpaired) electrons. The minimum absolute atomic E-state index is 0.0782. The van der Waals surface area contributed by atoms with E-state index in [9.17, 15) is 9.59 Å². The van der Waals surface area contributed by atoms with Crippen LogP contribution in [-0.4, -0.2) is 22.9 Å². The molecule has 0 aliphatic carbocycles. The van der Waals surface area contributed by atoms with Crippen molar-refractivity contribution < 1.29 is 9.59 Å². The first kappa shape index (κ1) is 17.5. The quantitative estimate of drug-likeness (QED) is 0.619. The van der Waals surface area contributed by atoms with Gasteiger partial charge in [-0.1, -0.05) is 35.9 Å². The van der Waals surface area contributed by atoms with E-state index in [-0.39, 0.29) is 24.9 Å². The Balaban J connectivity index is 1.49. The molecule has 0 unspecified atom stereocenters. The van der Waals surface area contributed by atoms with E-state index >= 15 is 0 Å². The molecule has 6 nitrogen and oxygen atoms in total. The highest BCUT2D eigenvalue weighted by Crippen LogP contribution is 2.18. The number of fused-ring (bicyclic) bond motifs is 1. The number of para-hydroxylation sites is 1. The molecule has 6 heteroatoms. The molecule has 134 valence electrons. The third kappa shape index (κ3) is 4.22. The Hall–Kier alpha value is -3.28. The maximum atomic E-state index is 12.2. The summed E-state index contributed by atoms with van der Waals surface area (Å²) in [6.07, 6.45) is 0. The third-order valence-electron chi connectivity index (χ3n) is 4.17. The number of carbonyl (C=O) groups is 2. The van der Waals surface area contributed by atoms with Crippen molar-refractivity contribution in [2.45, 2.75) is 20.4 Å². The first-order chi connectivity index (χ1) is 12.5. The molecule has 0 aliphatic heterocycles. The van der Waals surface area contributed by atoms with E-state index in [4.69, 9.17) is 0 Å². The van der Waals surface area contributed by atoms with Crippen LogP contribution in [0.3, 0.4) is 0 Å². The molecule has 0 aliphatic rings. The number of benzene rings is 2. The van der Waals surface area contributed by atoms with Crippen molar-refractivity contribution >= 4 is 28.4 Å². The largest absolute Gasteiger partial charge is 0.376 e. The molecule has 0 spiro atoms. The van der Waals surface area contributed by atoms with Gasteiger partial charge in [0.05, 0.1) is 6.54 Å². The Morgan fingerprint density at radius 2 is 1.62 bits per heavy atom. The second kappa shape index (κ2) is 7.74. The van der Waals surface area contributed by atoms with Gasteiger partial charge < -0.3 is 9.88 Å². The number of hydrogen-bond acceptors (Lipinski definition) is 3. The number of hydrazine groups is 1. The van der Waals surface area contributed by atoms with Gasteiger partial charge in [0.25, 0.3) is 11.8 Å². The number of rotatable bonds is 5. The first-order valence-corrected chi connectivity index (χ1v) is 8.46. The molecule has 0 fully saturated rings. The standard InChI is InChI=1S/C20H22N4O2/c1-14-7-9-17(10-8-14)21-12-19(25)22-23-20(26)13-24-15(2)11-16-5-3-4-6-18(16)24/h3-11,21H,12-13H2,1-2H3,(H,22,25)(H,23,26). The van der Waals surface area contributed by atoms with Crippen LogP contribution < -0.4 is 16.2 Å². The highest BCUT2D eigenvalue weighted by molar-refractivity contribution is 5.86. The van der Waals surface area contributed by atoms with Gasteiger partial charge in [-0.25, -0.2) is 0 Å². The van der Waals surface area contributed by atoms with Crippen molar-refractivity contribution in [2.75, 3.05) is 11.9 Å². The maximum absolute atomic E-state index is 12.2. The summed E-state index contributed by atoms with van der Waals surface area (Å²) >= 11 is 0. The summed E-state index contributed by atoms with van der Waals surface area (Å²) in [6.45, 7) is 4.18. The second-order valence-electron chi connectivity index (χ2n) is 6.25. The first-order valence-electron chi connectivity index (χ1n) is 8.46. The van der Waals surface area contributed by atoms with Crippen LogP contribution in [0.1, 0.15) is 11.3 Å². The molecular formula is C20H22N4O2. The minimum atomic E-state index is -0.312. The molecule has 2 amide bonds. The van der Waals surface area contributed by atoms with E-state index < -0.39 is 0 Å². The summed E-state index contributed by atoms with van der Waals surface area (Å²) in [5, 5.41) is 4.09. The van der Waals surface area contributed by atoms with Gasteiger partial charge in [-0.2, -0.15) is 0 Å². The van der Waals surface area contributed by atoms with E-state index in [2.05, 4.69) is 16.2 Å². The van der Waals surface area contributed by atoms with E-state index in [1.807, 2.05) is 73.0 Å². The Kier molecular flexibility index (Phi) is 5.22. The minimum Gasteiger partial charge on any atom is -0.376 e. The monoisotopic (exact) mass is 350 g/mol. The lowest BCUT2D eigenvalue weighted by Crippen LogP contribution is -2.45. The topological polar surface area (TPSA) is 75.2 Å². The van der Waals surface area contributed by atoms with Crippen molar-refractivity contribution in [3.8, 4) is 0 Å². The zero-order valence-corrected chi connectivity index (χ0v) is 14.9. The van der Waals surface area contributed by atoms with Crippen LogP contribution in [0.4, 0.5) is 5.69 Å². The van der Waals surface area contributed by atoms with Gasteiger partial charge in [-0.3, -0.25) is 20.4 Å². The fraction of sp³-hybridized carbons (Fsp3) is 0.200. The van der Waals surface area contributed by atoms with Gasteiger partial charge in [0, 0.05) is 16.9 Å². The molecule has 1 aromatic heterocycles. The molecular weight excluding hydrogens is 328 g/mol. The van der Waals surface area contributed by atoms with Gasteiger partial charge >= 0.3 is 0 Å². The summed E-state index contributed by atoms with van der Waals surface area (Å²) in [5.74, 6) is -0.592. The summed E-state index contributed by atoms with van der Waals surface area (Å²) in [4.78, 5) is 24.0. The lowest BCUT2D eigenvalue weighted by atomic mass is 10.2. The van der Waals surface area contributed by atoms with Crippen molar-refractivity contribution in [1.82, 2.24) is 15.4 Å². The number of nitrogens with one attached hydrogen (secondary N) is 3. The van der Waals surface area contributed by atoms with Gasteiger partial charge in [-0.05, 0) is 43.5 Å². The van der Waals surface area contributed by atoms with Gasteiger partial charge in [0.2, 0.25) is 0 Å². The smallest absolute Gasteiger partial charge is 0.258 e. The molecule has 1 heterocycles. The number of nitrogens with zero attached hydrogens (tertiary/aromatic N) is 1. The molecule has 3 aromatic rings. The molecule has 3 N–H and O–H groups in total. The van der Waals surface area contributed by atoms with Gasteiger partial charge in [-0.15, -0.1) is 0 Å². The highest BCUT2D eigenvalue weighted by Gasteiger charge is 2.10. The van der Waals surface area contributed by atoms with E-state index in [0.717, 1.165) is 27.8 Å². The summed E-state index contributed by atoms with van der Waals surface area (Å²) in [5.41, 5.74) is 8.88. The summed E-state index contributed by atoms with van der Waals surface area (Å²) in [7, 11) is 0. The lowest BCUT2D eigenvalue weighted by Gasteiger charge is -2.11. The normalized spacial score (nSPS) is 10.5. The van der Waals surface area contributed by atoms with Crippen LogP contribution in [-0.2, 0) is 16.1 Å². The van der Waals surface area contributed by atoms with Crippen LogP contribution in [0, 0.1) is 13.8 Å². The van der Waals surface area contributed by atoms with E-state index in [1.165, 1.54) is 0 Å². The van der Waals surface area contributed by atoms with E-state index in [1.54, 1.807) is 0 Å². The molecule has 26 heavy (non-hydrogen) atoms. The number of carbonyl (C=O) groups excluding carboxylic acids is 2. The number of anilines is 1. The van der Waals surface area contributed by atoms with Crippen molar-refractivity contribution in [1.29, 1.82) is 0 Å². The number of amides is 2.